The molecular formula is C28H34O8S. The number of benzene rings is 2. The summed E-state index contributed by atoms with van der Waals surface area (Å²) in [5, 5.41) is 11.7. The van der Waals surface area contributed by atoms with Gasteiger partial charge in [0, 0.05) is 5.56 Å². The van der Waals surface area contributed by atoms with Gasteiger partial charge in [0.1, 0.15) is 11.9 Å². The summed E-state index contributed by atoms with van der Waals surface area (Å²) < 4.78 is 55.4. The van der Waals surface area contributed by atoms with Gasteiger partial charge in [0.25, 0.3) is 10.1 Å². The third-order valence-electron chi connectivity index (χ3n) is 6.48. The minimum atomic E-state index is -4.26. The van der Waals surface area contributed by atoms with Crippen LogP contribution in [0.2, 0.25) is 0 Å². The van der Waals surface area contributed by atoms with Crippen LogP contribution in [0.1, 0.15) is 57.6 Å². The fourth-order valence-electron chi connectivity index (χ4n) is 4.49. The molecule has 0 aliphatic carbocycles. The first kappa shape index (κ1) is 27.6. The van der Waals surface area contributed by atoms with Gasteiger partial charge in [0.2, 0.25) is 0 Å². The standard InChI is InChI=1S/C28H34O8S/c1-4-5-6-19-33-22-12-7-21(8-13-22)17-18-28(29)24(34-26-25(28)35-27(2,3)36-26)16-11-20-9-14-23(15-10-20)37(30,31)32/h7-10,12-15,24-26,29H,4-6,11,16,19H2,1-3H3,(H,30,31,32)/t24?,25-,26+,28+/m0/s1. The summed E-state index contributed by atoms with van der Waals surface area (Å²) in [7, 11) is -4.26. The zero-order valence-electron chi connectivity index (χ0n) is 21.3. The van der Waals surface area contributed by atoms with Crippen LogP contribution in [0.4, 0.5) is 0 Å². The van der Waals surface area contributed by atoms with Crippen LogP contribution in [0, 0.1) is 11.8 Å². The highest BCUT2D eigenvalue weighted by atomic mass is 32.2. The van der Waals surface area contributed by atoms with E-state index < -0.39 is 40.0 Å². The molecule has 0 saturated carbocycles. The first-order valence-corrected chi connectivity index (χ1v) is 14.0. The van der Waals surface area contributed by atoms with Crippen molar-refractivity contribution in [3.63, 3.8) is 0 Å². The van der Waals surface area contributed by atoms with Gasteiger partial charge < -0.3 is 24.1 Å². The Morgan fingerprint density at radius 3 is 2.38 bits per heavy atom. The van der Waals surface area contributed by atoms with E-state index in [1.165, 1.54) is 12.1 Å². The average Bonchev–Trinajstić information content (AvgIpc) is 3.29. The van der Waals surface area contributed by atoms with Gasteiger partial charge >= 0.3 is 0 Å². The molecule has 0 spiro atoms. The van der Waals surface area contributed by atoms with Crippen molar-refractivity contribution in [3.05, 3.63) is 59.7 Å². The Bertz CT molecular complexity index is 1230. The van der Waals surface area contributed by atoms with E-state index in [9.17, 15) is 18.1 Å². The van der Waals surface area contributed by atoms with Crippen molar-refractivity contribution < 1.29 is 37.0 Å². The van der Waals surface area contributed by atoms with Crippen molar-refractivity contribution in [2.24, 2.45) is 0 Å². The number of rotatable bonds is 9. The van der Waals surface area contributed by atoms with Crippen molar-refractivity contribution in [2.45, 2.75) is 87.7 Å². The monoisotopic (exact) mass is 530 g/mol. The van der Waals surface area contributed by atoms with Crippen molar-refractivity contribution in [1.29, 1.82) is 0 Å². The molecule has 2 aromatic carbocycles. The lowest BCUT2D eigenvalue weighted by atomic mass is 9.89. The van der Waals surface area contributed by atoms with Crippen LogP contribution >= 0.6 is 0 Å². The Morgan fingerprint density at radius 2 is 1.73 bits per heavy atom. The van der Waals surface area contributed by atoms with Gasteiger partial charge in [0.15, 0.2) is 23.8 Å². The number of fused-ring (bicyclic) bond motifs is 1. The van der Waals surface area contributed by atoms with Gasteiger partial charge in [-0.15, -0.1) is 0 Å². The predicted octanol–water partition coefficient (Wildman–Crippen LogP) is 4.09. The van der Waals surface area contributed by atoms with E-state index in [-0.39, 0.29) is 4.90 Å². The maximum atomic E-state index is 11.7. The highest BCUT2D eigenvalue weighted by Crippen LogP contribution is 2.44. The molecule has 8 nitrogen and oxygen atoms in total. The number of hydrogen-bond acceptors (Lipinski definition) is 7. The summed E-state index contributed by atoms with van der Waals surface area (Å²) in [6.45, 7) is 6.34. The molecular weight excluding hydrogens is 496 g/mol. The Kier molecular flexibility index (Phi) is 8.29. The summed E-state index contributed by atoms with van der Waals surface area (Å²) in [5.41, 5.74) is -0.0853. The van der Waals surface area contributed by atoms with Crippen molar-refractivity contribution >= 4 is 10.1 Å². The lowest BCUT2D eigenvalue weighted by Crippen LogP contribution is -2.48. The van der Waals surface area contributed by atoms with E-state index >= 15 is 0 Å². The van der Waals surface area contributed by atoms with Gasteiger partial charge in [-0.2, -0.15) is 8.42 Å². The van der Waals surface area contributed by atoms with Crippen LogP contribution in [0.3, 0.4) is 0 Å². The molecule has 9 heteroatoms. The van der Waals surface area contributed by atoms with Crippen LogP contribution in [0.25, 0.3) is 0 Å². The van der Waals surface area contributed by atoms with E-state index in [0.29, 0.717) is 19.4 Å². The molecule has 4 atom stereocenters. The highest BCUT2D eigenvalue weighted by Gasteiger charge is 2.62. The third-order valence-corrected chi connectivity index (χ3v) is 7.34. The highest BCUT2D eigenvalue weighted by molar-refractivity contribution is 7.85. The molecule has 0 radical (unpaired) electrons. The van der Waals surface area contributed by atoms with Gasteiger partial charge in [-0.25, -0.2) is 0 Å². The van der Waals surface area contributed by atoms with Crippen molar-refractivity contribution in [1.82, 2.24) is 0 Å². The minimum absolute atomic E-state index is 0.174. The Labute approximate surface area is 218 Å². The first-order chi connectivity index (χ1) is 17.5. The van der Waals surface area contributed by atoms with Gasteiger partial charge in [-0.3, -0.25) is 4.55 Å². The van der Waals surface area contributed by atoms with Crippen molar-refractivity contribution in [2.75, 3.05) is 6.61 Å². The van der Waals surface area contributed by atoms with E-state index in [1.807, 2.05) is 24.3 Å². The molecule has 2 fully saturated rings. The number of unbranched alkanes of at least 4 members (excludes halogenated alkanes) is 2. The zero-order chi connectivity index (χ0) is 26.7. The van der Waals surface area contributed by atoms with Crippen LogP contribution in [-0.4, -0.2) is 54.6 Å². The minimum Gasteiger partial charge on any atom is -0.494 e. The summed E-state index contributed by atoms with van der Waals surface area (Å²) >= 11 is 0. The first-order valence-electron chi connectivity index (χ1n) is 12.6. The van der Waals surface area contributed by atoms with Crippen LogP contribution in [0.5, 0.6) is 5.75 Å². The van der Waals surface area contributed by atoms with E-state index in [0.717, 1.165) is 36.1 Å². The second kappa shape index (κ2) is 11.1. The molecule has 2 aliphatic heterocycles. The quantitative estimate of drug-likeness (QED) is 0.283. The number of hydrogen-bond donors (Lipinski definition) is 2. The molecule has 37 heavy (non-hydrogen) atoms. The fraction of sp³-hybridized carbons (Fsp3) is 0.500. The average molecular weight is 531 g/mol. The molecule has 0 amide bonds. The lowest BCUT2D eigenvalue weighted by Gasteiger charge is -2.29. The molecule has 200 valence electrons. The summed E-state index contributed by atoms with van der Waals surface area (Å²) in [5.74, 6) is 5.91. The molecule has 4 rings (SSSR count). The number of aryl methyl sites for hydroxylation is 1. The summed E-state index contributed by atoms with van der Waals surface area (Å²) in [6, 6.07) is 13.3. The summed E-state index contributed by atoms with van der Waals surface area (Å²) in [4.78, 5) is -0.174. The predicted molar refractivity (Wildman–Crippen MR) is 137 cm³/mol. The second-order valence-corrected chi connectivity index (χ2v) is 11.3. The van der Waals surface area contributed by atoms with Gasteiger partial charge in [0.05, 0.1) is 11.5 Å². The SMILES string of the molecule is CCCCCOc1ccc(C#C[C@@]2(O)C(CCc3ccc(S(=O)(=O)O)cc3)O[C@@H]3OC(C)(C)O[C@@H]32)cc1. The van der Waals surface area contributed by atoms with Crippen LogP contribution < -0.4 is 4.74 Å². The smallest absolute Gasteiger partial charge is 0.294 e. The van der Waals surface area contributed by atoms with E-state index in [1.54, 1.807) is 26.0 Å². The van der Waals surface area contributed by atoms with Gasteiger partial charge in [-0.05, 0) is 75.1 Å². The maximum Gasteiger partial charge on any atom is 0.294 e. The fourth-order valence-corrected chi connectivity index (χ4v) is 4.97. The Balaban J connectivity index is 1.48. The zero-order valence-corrected chi connectivity index (χ0v) is 22.2. The normalized spacial score (nSPS) is 26.4. The lowest BCUT2D eigenvalue weighted by molar-refractivity contribution is -0.222. The van der Waals surface area contributed by atoms with E-state index in [2.05, 4.69) is 18.8 Å². The van der Waals surface area contributed by atoms with E-state index in [4.69, 9.17) is 18.9 Å². The maximum absolute atomic E-state index is 11.7. The Morgan fingerprint density at radius 1 is 1.03 bits per heavy atom. The Hall–Kier alpha value is -2.45. The molecule has 0 bridgehead atoms. The molecule has 2 aliphatic rings. The molecule has 2 aromatic rings. The number of aliphatic hydroxyl groups is 1. The third kappa shape index (κ3) is 6.71. The van der Waals surface area contributed by atoms with Crippen LogP contribution in [-0.2, 0) is 30.7 Å². The van der Waals surface area contributed by atoms with Crippen LogP contribution in [0.15, 0.2) is 53.4 Å². The molecule has 2 saturated heterocycles. The molecule has 0 aromatic heterocycles. The second-order valence-electron chi connectivity index (χ2n) is 9.86. The molecule has 1 unspecified atom stereocenters. The van der Waals surface area contributed by atoms with Crippen molar-refractivity contribution in [3.8, 4) is 17.6 Å². The molecule has 2 heterocycles. The largest absolute Gasteiger partial charge is 0.494 e. The van der Waals surface area contributed by atoms with Gasteiger partial charge in [-0.1, -0.05) is 43.7 Å². The topological polar surface area (TPSA) is 112 Å². The summed E-state index contributed by atoms with van der Waals surface area (Å²) in [6.07, 6.45) is 1.90. The molecule has 2 N–H and O–H groups in total. The number of ether oxygens (including phenoxy) is 4.